The normalized spacial score (nSPS) is 21.9. The van der Waals surface area contributed by atoms with Crippen molar-refractivity contribution in [1.82, 2.24) is 20.4 Å². The number of halogens is 4. The van der Waals surface area contributed by atoms with E-state index in [1.165, 1.54) is 31.2 Å². The molecule has 0 bridgehead atoms. The summed E-state index contributed by atoms with van der Waals surface area (Å²) in [5.74, 6) is -6.25. The summed E-state index contributed by atoms with van der Waals surface area (Å²) < 4.78 is 62.9. The molecule has 2 aliphatic rings. The molecule has 1 saturated heterocycles. The van der Waals surface area contributed by atoms with Crippen LogP contribution in [0.3, 0.4) is 0 Å². The molecule has 8 nitrogen and oxygen atoms in total. The number of H-pyrrole nitrogens is 1. The number of hydrogen-bond acceptors (Lipinski definition) is 5. The van der Waals surface area contributed by atoms with Crippen LogP contribution in [0.1, 0.15) is 49.2 Å². The van der Waals surface area contributed by atoms with Gasteiger partial charge in [-0.1, -0.05) is 18.2 Å². The molecule has 2 amide bonds. The fourth-order valence-corrected chi connectivity index (χ4v) is 4.85. The van der Waals surface area contributed by atoms with E-state index in [4.69, 9.17) is 4.74 Å². The van der Waals surface area contributed by atoms with Crippen molar-refractivity contribution in [2.45, 2.75) is 70.3 Å². The van der Waals surface area contributed by atoms with Crippen LogP contribution in [-0.2, 0) is 4.79 Å². The summed E-state index contributed by atoms with van der Waals surface area (Å²) in [6.07, 6.45) is 3.46. The third-order valence-corrected chi connectivity index (χ3v) is 6.74. The van der Waals surface area contributed by atoms with Crippen molar-refractivity contribution in [1.29, 1.82) is 0 Å². The Hall–Kier alpha value is -3.96. The second-order valence-electron chi connectivity index (χ2n) is 9.80. The summed E-state index contributed by atoms with van der Waals surface area (Å²) in [5.41, 5.74) is 0.135. The Labute approximate surface area is 221 Å². The maximum atomic E-state index is 14.7. The van der Waals surface area contributed by atoms with E-state index in [1.807, 2.05) is 0 Å². The minimum atomic E-state index is -3.22. The second kappa shape index (κ2) is 11.0. The summed E-state index contributed by atoms with van der Waals surface area (Å²) >= 11 is 0. The van der Waals surface area contributed by atoms with Gasteiger partial charge in [-0.05, 0) is 50.5 Å². The van der Waals surface area contributed by atoms with Crippen molar-refractivity contribution in [3.8, 4) is 11.5 Å². The third kappa shape index (κ3) is 6.21. The van der Waals surface area contributed by atoms with Gasteiger partial charge >= 0.3 is 5.56 Å². The third-order valence-electron chi connectivity index (χ3n) is 6.74. The zero-order valence-electron chi connectivity index (χ0n) is 21.5. The lowest BCUT2D eigenvalue weighted by Gasteiger charge is -2.36. The Morgan fingerprint density at radius 3 is 2.64 bits per heavy atom. The Morgan fingerprint density at radius 1 is 1.23 bits per heavy atom. The topological polar surface area (TPSA) is 104 Å². The van der Waals surface area contributed by atoms with Gasteiger partial charge in [0.25, 0.3) is 11.8 Å². The lowest BCUT2D eigenvalue weighted by atomic mass is 9.95. The van der Waals surface area contributed by atoms with E-state index < -0.39 is 53.4 Å². The van der Waals surface area contributed by atoms with Crippen LogP contribution in [0.5, 0.6) is 11.5 Å². The molecule has 1 aromatic carbocycles. The van der Waals surface area contributed by atoms with Crippen molar-refractivity contribution in [3.63, 3.8) is 0 Å². The number of nitrogens with one attached hydrogen (secondary N) is 2. The maximum absolute atomic E-state index is 14.7. The van der Waals surface area contributed by atoms with Crippen molar-refractivity contribution in [2.24, 2.45) is 0 Å². The van der Waals surface area contributed by atoms with Crippen LogP contribution >= 0.6 is 0 Å². The molecule has 208 valence electrons. The first-order chi connectivity index (χ1) is 18.3. The molecule has 0 radical (unpaired) electrons. The number of carbonyl (C=O) groups is 2. The van der Waals surface area contributed by atoms with Crippen LogP contribution in [0.15, 0.2) is 52.9 Å². The number of aryl methyl sites for hydroxylation is 1. The Morgan fingerprint density at radius 2 is 1.97 bits per heavy atom. The SMILES string of the molecule is Cc1cc(Oc2ccc(C(=O)N[C@H](C)C(=O)N3[C@H](C4=CC=CC(F)C4)CC[C@@H]3C(C)(F)F)cc2F)c(=O)[nH]n1. The number of rotatable bonds is 7. The van der Waals surface area contributed by atoms with E-state index in [2.05, 4.69) is 15.5 Å². The minimum absolute atomic E-state index is 0.00762. The summed E-state index contributed by atoms with van der Waals surface area (Å²) in [6, 6.07) is 1.17. The van der Waals surface area contributed by atoms with Crippen LogP contribution in [0.4, 0.5) is 17.6 Å². The molecule has 1 aromatic heterocycles. The molecule has 39 heavy (non-hydrogen) atoms. The van der Waals surface area contributed by atoms with E-state index in [0.29, 0.717) is 11.3 Å². The molecular weight excluding hydrogens is 520 g/mol. The molecule has 1 unspecified atom stereocenters. The molecular formula is C27H28F4N4O4. The number of aromatic nitrogens is 2. The highest BCUT2D eigenvalue weighted by Gasteiger charge is 2.49. The molecule has 0 spiro atoms. The van der Waals surface area contributed by atoms with Gasteiger partial charge in [-0.25, -0.2) is 22.7 Å². The maximum Gasteiger partial charge on any atom is 0.307 e. The molecule has 2 N–H and O–H groups in total. The molecule has 2 aromatic rings. The van der Waals surface area contributed by atoms with E-state index in [1.54, 1.807) is 13.0 Å². The van der Waals surface area contributed by atoms with Gasteiger partial charge in [0, 0.05) is 25.0 Å². The zero-order valence-corrected chi connectivity index (χ0v) is 21.5. The summed E-state index contributed by atoms with van der Waals surface area (Å²) in [7, 11) is 0. The summed E-state index contributed by atoms with van der Waals surface area (Å²) in [6.45, 7) is 3.67. The number of benzene rings is 1. The first-order valence-electron chi connectivity index (χ1n) is 12.4. The van der Waals surface area contributed by atoms with Gasteiger partial charge in [0.2, 0.25) is 5.91 Å². The van der Waals surface area contributed by atoms with Gasteiger partial charge in [-0.15, -0.1) is 0 Å². The predicted octanol–water partition coefficient (Wildman–Crippen LogP) is 4.37. The minimum Gasteiger partial charge on any atom is -0.448 e. The van der Waals surface area contributed by atoms with Gasteiger partial charge in [-0.3, -0.25) is 14.4 Å². The molecule has 12 heteroatoms. The van der Waals surface area contributed by atoms with Gasteiger partial charge in [-0.2, -0.15) is 5.10 Å². The molecule has 4 rings (SSSR count). The monoisotopic (exact) mass is 548 g/mol. The van der Waals surface area contributed by atoms with Crippen molar-refractivity contribution in [3.05, 3.63) is 75.5 Å². The van der Waals surface area contributed by atoms with E-state index in [9.17, 15) is 31.9 Å². The summed E-state index contributed by atoms with van der Waals surface area (Å²) in [4.78, 5) is 39.1. The highest BCUT2D eigenvalue weighted by molar-refractivity contribution is 5.97. The lowest BCUT2D eigenvalue weighted by Crippen LogP contribution is -2.55. The molecule has 2 heterocycles. The van der Waals surface area contributed by atoms with E-state index in [0.717, 1.165) is 24.0 Å². The number of allylic oxidation sites excluding steroid dienone is 3. The zero-order chi connectivity index (χ0) is 28.5. The van der Waals surface area contributed by atoms with Crippen LogP contribution in [0, 0.1) is 12.7 Å². The van der Waals surface area contributed by atoms with Gasteiger partial charge < -0.3 is 15.0 Å². The first-order valence-corrected chi connectivity index (χ1v) is 12.4. The van der Waals surface area contributed by atoms with Crippen molar-refractivity contribution >= 4 is 11.8 Å². The van der Waals surface area contributed by atoms with Crippen LogP contribution in [-0.4, -0.2) is 57.1 Å². The number of nitrogens with zero attached hydrogens (tertiary/aromatic N) is 2. The lowest BCUT2D eigenvalue weighted by molar-refractivity contribution is -0.143. The Kier molecular flexibility index (Phi) is 7.94. The number of amides is 2. The fraction of sp³-hybridized carbons (Fsp3) is 0.407. The van der Waals surface area contributed by atoms with Gasteiger partial charge in [0.1, 0.15) is 12.2 Å². The standard InChI is InChI=1S/C27H28F4N4O4/c1-14-11-22(25(37)34-33-14)39-21-9-7-17(13-19(21)29)24(36)32-15(2)26(38)35-20(8-10-23(35)27(3,30)31)16-5-4-6-18(28)12-16/h4-7,9,11,13,15,18,20,23H,8,10,12H2,1-3H3,(H,32,36)(H,34,37)/t15-,18?,20+,23-/m1/s1. The molecule has 1 aliphatic carbocycles. The van der Waals surface area contributed by atoms with Crippen LogP contribution < -0.4 is 15.6 Å². The van der Waals surface area contributed by atoms with Crippen LogP contribution in [0.2, 0.25) is 0 Å². The van der Waals surface area contributed by atoms with Gasteiger partial charge in [0.15, 0.2) is 17.3 Å². The number of ether oxygens (including phenoxy) is 1. The van der Waals surface area contributed by atoms with Crippen molar-refractivity contribution < 1.29 is 31.9 Å². The molecule has 0 saturated carbocycles. The Balaban J connectivity index is 1.50. The van der Waals surface area contributed by atoms with Crippen LogP contribution in [0.25, 0.3) is 0 Å². The number of aromatic amines is 1. The fourth-order valence-electron chi connectivity index (χ4n) is 4.85. The predicted molar refractivity (Wildman–Crippen MR) is 134 cm³/mol. The number of alkyl halides is 3. The highest BCUT2D eigenvalue weighted by atomic mass is 19.3. The molecule has 4 atom stereocenters. The smallest absolute Gasteiger partial charge is 0.307 e. The van der Waals surface area contributed by atoms with E-state index >= 15 is 0 Å². The van der Waals surface area contributed by atoms with E-state index in [-0.39, 0.29) is 36.3 Å². The average Bonchev–Trinajstić information content (AvgIpc) is 3.33. The number of hydrogen-bond donors (Lipinski definition) is 2. The summed E-state index contributed by atoms with van der Waals surface area (Å²) in [5, 5.41) is 8.35. The molecule has 1 aliphatic heterocycles. The highest BCUT2D eigenvalue weighted by Crippen LogP contribution is 2.39. The average molecular weight is 549 g/mol. The quantitative estimate of drug-likeness (QED) is 0.501. The number of likely N-dealkylation sites (tertiary alicyclic amines) is 1. The Bertz CT molecular complexity index is 1380. The van der Waals surface area contributed by atoms with Gasteiger partial charge in [0.05, 0.1) is 17.8 Å². The first kappa shape index (κ1) is 28.1. The van der Waals surface area contributed by atoms with Crippen molar-refractivity contribution in [2.75, 3.05) is 0 Å². The molecule has 1 fully saturated rings. The second-order valence-corrected chi connectivity index (χ2v) is 9.80. The largest absolute Gasteiger partial charge is 0.448 e. The number of carbonyl (C=O) groups excluding carboxylic acids is 2.